The van der Waals surface area contributed by atoms with Gasteiger partial charge in [0.2, 0.25) is 0 Å². The normalized spacial score (nSPS) is 10.6. The number of hydrogen-bond acceptors (Lipinski definition) is 5. The second kappa shape index (κ2) is 7.48. The van der Waals surface area contributed by atoms with Crippen LogP contribution in [-0.2, 0) is 0 Å². The summed E-state index contributed by atoms with van der Waals surface area (Å²) in [6, 6.07) is 23.5. The van der Waals surface area contributed by atoms with E-state index in [1.54, 1.807) is 14.2 Å². The standard InChI is InChI=1S/C23H21N3O2/c1-27-18-9-7-17(8-10-18)25-23-14-21(15-4-3-5-19(12-15)28-2)26-22-13-16(24)6-11-20(22)23/h3-14H,24H2,1-2H3,(H,25,26). The highest BCUT2D eigenvalue weighted by atomic mass is 16.5. The Morgan fingerprint density at radius 1 is 0.821 bits per heavy atom. The molecule has 0 saturated heterocycles. The lowest BCUT2D eigenvalue weighted by Gasteiger charge is -2.13. The molecule has 1 heterocycles. The van der Waals surface area contributed by atoms with Crippen LogP contribution in [0.3, 0.4) is 0 Å². The number of nitrogens with zero attached hydrogens (tertiary/aromatic N) is 1. The zero-order chi connectivity index (χ0) is 19.5. The Morgan fingerprint density at radius 2 is 1.61 bits per heavy atom. The van der Waals surface area contributed by atoms with Crippen molar-refractivity contribution in [1.82, 2.24) is 4.98 Å². The molecule has 0 amide bonds. The Morgan fingerprint density at radius 3 is 2.36 bits per heavy atom. The highest BCUT2D eigenvalue weighted by Gasteiger charge is 2.10. The quantitative estimate of drug-likeness (QED) is 0.469. The van der Waals surface area contributed by atoms with E-state index in [2.05, 4.69) is 5.32 Å². The molecule has 0 bridgehead atoms. The second-order valence-electron chi connectivity index (χ2n) is 6.42. The molecule has 0 fully saturated rings. The third-order valence-electron chi connectivity index (χ3n) is 4.57. The number of benzene rings is 3. The van der Waals surface area contributed by atoms with Crippen molar-refractivity contribution in [3.63, 3.8) is 0 Å². The highest BCUT2D eigenvalue weighted by Crippen LogP contribution is 2.32. The summed E-state index contributed by atoms with van der Waals surface area (Å²) in [5.74, 6) is 1.60. The predicted octanol–water partition coefficient (Wildman–Crippen LogP) is 5.24. The van der Waals surface area contributed by atoms with Gasteiger partial charge in [0.1, 0.15) is 11.5 Å². The molecule has 140 valence electrons. The van der Waals surface area contributed by atoms with Crippen molar-refractivity contribution in [2.75, 3.05) is 25.3 Å². The van der Waals surface area contributed by atoms with Crippen LogP contribution in [0.25, 0.3) is 22.2 Å². The Hall–Kier alpha value is -3.73. The maximum absolute atomic E-state index is 6.00. The lowest BCUT2D eigenvalue weighted by Crippen LogP contribution is -1.96. The fourth-order valence-electron chi connectivity index (χ4n) is 3.11. The Balaban J connectivity index is 1.83. The molecule has 0 saturated carbocycles. The van der Waals surface area contributed by atoms with Gasteiger partial charge in [0.25, 0.3) is 0 Å². The van der Waals surface area contributed by atoms with E-state index in [1.165, 1.54) is 0 Å². The number of nitrogen functional groups attached to an aromatic ring is 1. The van der Waals surface area contributed by atoms with Crippen molar-refractivity contribution < 1.29 is 9.47 Å². The number of pyridine rings is 1. The molecule has 0 aliphatic heterocycles. The molecule has 1 aromatic heterocycles. The summed E-state index contributed by atoms with van der Waals surface area (Å²) in [6.07, 6.45) is 0. The zero-order valence-electron chi connectivity index (χ0n) is 15.8. The topological polar surface area (TPSA) is 69.4 Å². The van der Waals surface area contributed by atoms with Crippen molar-refractivity contribution >= 4 is 28.0 Å². The van der Waals surface area contributed by atoms with E-state index in [0.717, 1.165) is 45.0 Å². The molecular weight excluding hydrogens is 350 g/mol. The van der Waals surface area contributed by atoms with E-state index in [0.29, 0.717) is 5.69 Å². The first-order valence-corrected chi connectivity index (χ1v) is 8.92. The monoisotopic (exact) mass is 371 g/mol. The Bertz CT molecular complexity index is 1120. The van der Waals surface area contributed by atoms with Gasteiger partial charge in [-0.25, -0.2) is 4.98 Å². The van der Waals surface area contributed by atoms with Crippen LogP contribution in [0.2, 0.25) is 0 Å². The van der Waals surface area contributed by atoms with Gasteiger partial charge in [-0.2, -0.15) is 0 Å². The summed E-state index contributed by atoms with van der Waals surface area (Å²) in [5, 5.41) is 4.49. The number of aromatic nitrogens is 1. The minimum absolute atomic E-state index is 0.679. The molecule has 5 heteroatoms. The maximum Gasteiger partial charge on any atom is 0.119 e. The molecule has 0 unspecified atom stereocenters. The van der Waals surface area contributed by atoms with E-state index in [9.17, 15) is 0 Å². The summed E-state index contributed by atoms with van der Waals surface area (Å²) in [5.41, 5.74) is 11.2. The fourth-order valence-corrected chi connectivity index (χ4v) is 3.11. The SMILES string of the molecule is COc1ccc(Nc2cc(-c3cccc(OC)c3)nc3cc(N)ccc23)cc1. The van der Waals surface area contributed by atoms with Gasteiger partial charge in [0, 0.05) is 22.3 Å². The van der Waals surface area contributed by atoms with Gasteiger partial charge >= 0.3 is 0 Å². The molecule has 3 N–H and O–H groups in total. The van der Waals surface area contributed by atoms with Crippen LogP contribution >= 0.6 is 0 Å². The van der Waals surface area contributed by atoms with Crippen molar-refractivity contribution in [2.45, 2.75) is 0 Å². The van der Waals surface area contributed by atoms with Crippen LogP contribution in [-0.4, -0.2) is 19.2 Å². The number of ether oxygens (including phenoxy) is 2. The van der Waals surface area contributed by atoms with Crippen molar-refractivity contribution in [3.05, 3.63) is 72.8 Å². The fraction of sp³-hybridized carbons (Fsp3) is 0.0870. The Kier molecular flexibility index (Phi) is 4.72. The van der Waals surface area contributed by atoms with E-state index in [-0.39, 0.29) is 0 Å². The molecule has 0 radical (unpaired) electrons. The van der Waals surface area contributed by atoms with E-state index in [4.69, 9.17) is 20.2 Å². The van der Waals surface area contributed by atoms with Gasteiger partial charge in [0.15, 0.2) is 0 Å². The number of hydrogen-bond donors (Lipinski definition) is 2. The number of methoxy groups -OCH3 is 2. The van der Waals surface area contributed by atoms with Crippen LogP contribution in [0.15, 0.2) is 72.8 Å². The van der Waals surface area contributed by atoms with Crippen molar-refractivity contribution in [2.24, 2.45) is 0 Å². The first-order valence-electron chi connectivity index (χ1n) is 8.92. The van der Waals surface area contributed by atoms with Gasteiger partial charge in [0.05, 0.1) is 31.1 Å². The van der Waals surface area contributed by atoms with Crippen molar-refractivity contribution in [1.29, 1.82) is 0 Å². The number of anilines is 3. The van der Waals surface area contributed by atoms with Crippen LogP contribution in [0.5, 0.6) is 11.5 Å². The number of fused-ring (bicyclic) bond motifs is 1. The lowest BCUT2D eigenvalue weighted by atomic mass is 10.1. The minimum Gasteiger partial charge on any atom is -0.497 e. The maximum atomic E-state index is 6.00. The highest BCUT2D eigenvalue weighted by molar-refractivity contribution is 5.96. The average Bonchev–Trinajstić information content (AvgIpc) is 2.74. The summed E-state index contributed by atoms with van der Waals surface area (Å²) in [7, 11) is 3.31. The van der Waals surface area contributed by atoms with Gasteiger partial charge in [-0.3, -0.25) is 0 Å². The van der Waals surface area contributed by atoms with Crippen LogP contribution in [0.4, 0.5) is 17.1 Å². The molecule has 5 nitrogen and oxygen atoms in total. The Labute approximate surface area is 163 Å². The van der Waals surface area contributed by atoms with E-state index in [1.807, 2.05) is 72.8 Å². The van der Waals surface area contributed by atoms with Crippen LogP contribution in [0.1, 0.15) is 0 Å². The zero-order valence-corrected chi connectivity index (χ0v) is 15.8. The molecular formula is C23H21N3O2. The minimum atomic E-state index is 0.679. The summed E-state index contributed by atoms with van der Waals surface area (Å²) < 4.78 is 10.6. The number of nitrogens with two attached hydrogens (primary N) is 1. The molecule has 0 spiro atoms. The summed E-state index contributed by atoms with van der Waals surface area (Å²) in [4.78, 5) is 4.82. The molecule has 4 aromatic rings. The lowest BCUT2D eigenvalue weighted by molar-refractivity contribution is 0.415. The van der Waals surface area contributed by atoms with E-state index < -0.39 is 0 Å². The van der Waals surface area contributed by atoms with Crippen LogP contribution in [0, 0.1) is 0 Å². The molecule has 0 aliphatic carbocycles. The van der Waals surface area contributed by atoms with Crippen molar-refractivity contribution in [3.8, 4) is 22.8 Å². The molecule has 3 aromatic carbocycles. The second-order valence-corrected chi connectivity index (χ2v) is 6.42. The first kappa shape index (κ1) is 17.7. The number of nitrogens with one attached hydrogen (secondary N) is 1. The van der Waals surface area contributed by atoms with Gasteiger partial charge in [-0.15, -0.1) is 0 Å². The van der Waals surface area contributed by atoms with Crippen LogP contribution < -0.4 is 20.5 Å². The summed E-state index contributed by atoms with van der Waals surface area (Å²) >= 11 is 0. The van der Waals surface area contributed by atoms with Gasteiger partial charge in [-0.1, -0.05) is 12.1 Å². The third-order valence-corrected chi connectivity index (χ3v) is 4.57. The molecule has 4 rings (SSSR count). The predicted molar refractivity (Wildman–Crippen MR) is 114 cm³/mol. The number of rotatable bonds is 5. The van der Waals surface area contributed by atoms with Gasteiger partial charge in [-0.05, 0) is 60.7 Å². The van der Waals surface area contributed by atoms with E-state index >= 15 is 0 Å². The van der Waals surface area contributed by atoms with Gasteiger partial charge < -0.3 is 20.5 Å². The average molecular weight is 371 g/mol. The molecule has 0 aliphatic rings. The largest absolute Gasteiger partial charge is 0.497 e. The molecule has 0 atom stereocenters. The first-order chi connectivity index (χ1) is 13.7. The third kappa shape index (κ3) is 3.55. The summed E-state index contributed by atoms with van der Waals surface area (Å²) in [6.45, 7) is 0. The molecule has 28 heavy (non-hydrogen) atoms. The smallest absolute Gasteiger partial charge is 0.119 e.